The first-order valence-electron chi connectivity index (χ1n) is 8.26. The van der Waals surface area contributed by atoms with Crippen LogP contribution in [0.5, 0.6) is 5.75 Å². The lowest BCUT2D eigenvalue weighted by Gasteiger charge is -2.34. The molecule has 0 radical (unpaired) electrons. The Hall–Kier alpha value is -2.25. The summed E-state index contributed by atoms with van der Waals surface area (Å²) in [6.07, 6.45) is 0.383. The molecule has 0 aromatic heterocycles. The van der Waals surface area contributed by atoms with Gasteiger partial charge in [-0.15, -0.1) is 0 Å². The summed E-state index contributed by atoms with van der Waals surface area (Å²) < 4.78 is 33.6. The largest absolute Gasteiger partial charge is 0.487 e. The lowest BCUT2D eigenvalue weighted by atomic mass is 10.0. The van der Waals surface area contributed by atoms with Crippen molar-refractivity contribution in [3.05, 3.63) is 52.5 Å². The Labute approximate surface area is 156 Å². The van der Waals surface area contributed by atoms with Gasteiger partial charge in [-0.2, -0.15) is 0 Å². The molecule has 1 N–H and O–H groups in total. The second-order valence-electron chi connectivity index (χ2n) is 6.40. The fourth-order valence-corrected chi connectivity index (χ4v) is 5.01. The third-order valence-electron chi connectivity index (χ3n) is 4.53. The van der Waals surface area contributed by atoms with Gasteiger partial charge in [-0.05, 0) is 49.2 Å². The third-order valence-corrected chi connectivity index (χ3v) is 6.55. The molecule has 0 fully saturated rings. The number of anilines is 1. The van der Waals surface area contributed by atoms with Crippen LogP contribution in [0.4, 0.5) is 5.69 Å². The van der Waals surface area contributed by atoms with Crippen LogP contribution in [-0.4, -0.2) is 33.5 Å². The molecule has 2 aromatic carbocycles. The molecule has 2 aromatic rings. The van der Waals surface area contributed by atoms with Crippen molar-refractivity contribution in [2.45, 2.75) is 24.3 Å². The van der Waals surface area contributed by atoms with E-state index in [0.29, 0.717) is 35.0 Å². The maximum atomic E-state index is 13.3. The number of carbonyl (C=O) groups excluding carboxylic acids is 1. The number of sulfonamides is 1. The van der Waals surface area contributed by atoms with E-state index in [1.165, 1.54) is 10.4 Å². The number of ether oxygens (including phenoxy) is 1. The van der Waals surface area contributed by atoms with Crippen LogP contribution >= 0.6 is 11.6 Å². The molecule has 2 aliphatic rings. The summed E-state index contributed by atoms with van der Waals surface area (Å²) in [7, 11) is -3.87. The minimum absolute atomic E-state index is 0.0772. The van der Waals surface area contributed by atoms with Crippen LogP contribution in [0.3, 0.4) is 0 Å². The average molecular weight is 393 g/mol. The maximum Gasteiger partial charge on any atom is 0.264 e. The number of nitrogens with zero attached hydrogens (tertiary/aromatic N) is 1. The molecular weight excluding hydrogens is 376 g/mol. The number of nitrogens with one attached hydrogen (secondary N) is 1. The minimum atomic E-state index is -3.87. The van der Waals surface area contributed by atoms with Crippen molar-refractivity contribution in [3.8, 4) is 5.75 Å². The van der Waals surface area contributed by atoms with E-state index < -0.39 is 10.0 Å². The maximum absolute atomic E-state index is 13.3. The lowest BCUT2D eigenvalue weighted by Crippen LogP contribution is -2.42. The highest BCUT2D eigenvalue weighted by Gasteiger charge is 2.34. The summed E-state index contributed by atoms with van der Waals surface area (Å²) in [6, 6.07) is 9.61. The Morgan fingerprint density at radius 1 is 1.23 bits per heavy atom. The zero-order chi connectivity index (χ0) is 18.5. The van der Waals surface area contributed by atoms with Crippen molar-refractivity contribution in [3.63, 3.8) is 0 Å². The fourth-order valence-electron chi connectivity index (χ4n) is 3.28. The number of hydrogen-bond donors (Lipinski definition) is 1. The van der Waals surface area contributed by atoms with Crippen molar-refractivity contribution in [1.29, 1.82) is 0 Å². The molecule has 0 spiro atoms. The van der Waals surface area contributed by atoms with Gasteiger partial charge in [0.15, 0.2) is 0 Å². The van der Waals surface area contributed by atoms with E-state index in [4.69, 9.17) is 16.3 Å². The molecule has 6 nitrogen and oxygen atoms in total. The van der Waals surface area contributed by atoms with E-state index in [9.17, 15) is 13.2 Å². The summed E-state index contributed by atoms with van der Waals surface area (Å²) in [6.45, 7) is 2.53. The zero-order valence-electron chi connectivity index (χ0n) is 14.0. The molecule has 0 bridgehead atoms. The fraction of sp³-hybridized carbons (Fsp3) is 0.278. The highest BCUT2D eigenvalue weighted by Crippen LogP contribution is 2.39. The van der Waals surface area contributed by atoms with Crippen molar-refractivity contribution in [2.24, 2.45) is 0 Å². The van der Waals surface area contributed by atoms with Gasteiger partial charge < -0.3 is 10.1 Å². The first kappa shape index (κ1) is 17.2. The topological polar surface area (TPSA) is 75.7 Å². The monoisotopic (exact) mass is 392 g/mol. The van der Waals surface area contributed by atoms with Gasteiger partial charge >= 0.3 is 0 Å². The van der Waals surface area contributed by atoms with E-state index in [1.807, 2.05) is 0 Å². The number of amides is 1. The first-order valence-corrected chi connectivity index (χ1v) is 10.1. The van der Waals surface area contributed by atoms with Gasteiger partial charge in [0.1, 0.15) is 11.9 Å². The van der Waals surface area contributed by atoms with E-state index in [-0.39, 0.29) is 23.5 Å². The molecular formula is C18H17ClN2O4S. The number of rotatable bonds is 2. The smallest absolute Gasteiger partial charge is 0.264 e. The molecule has 0 aliphatic carbocycles. The van der Waals surface area contributed by atoms with E-state index >= 15 is 0 Å². The summed E-state index contributed by atoms with van der Waals surface area (Å²) in [4.78, 5) is 12.2. The minimum Gasteiger partial charge on any atom is -0.487 e. The van der Waals surface area contributed by atoms with Crippen LogP contribution in [0.1, 0.15) is 22.8 Å². The van der Waals surface area contributed by atoms with Crippen LogP contribution in [0.2, 0.25) is 5.02 Å². The third kappa shape index (κ3) is 2.81. The standard InChI is InChI=1S/C18H17ClN2O4S/c1-11-10-21(16-8-13(19)3-5-17(16)25-11)26(23,24)14-4-2-12-6-7-20-18(22)15(12)9-14/h2-5,8-9,11H,6-7,10H2,1H3,(H,20,22). The number of carbonyl (C=O) groups is 1. The molecule has 1 unspecified atom stereocenters. The predicted octanol–water partition coefficient (Wildman–Crippen LogP) is 2.60. The number of benzene rings is 2. The molecule has 1 amide bonds. The van der Waals surface area contributed by atoms with Gasteiger partial charge in [-0.3, -0.25) is 9.10 Å². The van der Waals surface area contributed by atoms with Gasteiger partial charge in [-0.1, -0.05) is 17.7 Å². The Kier molecular flexibility index (Phi) is 4.08. The molecule has 0 saturated heterocycles. The van der Waals surface area contributed by atoms with E-state index in [0.717, 1.165) is 5.56 Å². The number of hydrogen-bond acceptors (Lipinski definition) is 4. The summed E-state index contributed by atoms with van der Waals surface area (Å²) in [5.74, 6) is 0.217. The summed E-state index contributed by atoms with van der Waals surface area (Å²) >= 11 is 6.06. The Balaban J connectivity index is 1.82. The molecule has 2 heterocycles. The molecule has 0 saturated carbocycles. The second-order valence-corrected chi connectivity index (χ2v) is 8.70. The van der Waals surface area contributed by atoms with Gasteiger partial charge in [0.25, 0.3) is 15.9 Å². The number of fused-ring (bicyclic) bond motifs is 2. The molecule has 4 rings (SSSR count). The Morgan fingerprint density at radius 2 is 2.04 bits per heavy atom. The average Bonchev–Trinajstić information content (AvgIpc) is 2.61. The van der Waals surface area contributed by atoms with Crippen LogP contribution in [0, 0.1) is 0 Å². The van der Waals surface area contributed by atoms with Gasteiger partial charge in [0, 0.05) is 17.1 Å². The summed E-state index contributed by atoms with van der Waals surface area (Å²) in [5, 5.41) is 3.16. The molecule has 8 heteroatoms. The first-order chi connectivity index (χ1) is 12.4. The summed E-state index contributed by atoms with van der Waals surface area (Å²) in [5.41, 5.74) is 1.66. The highest BCUT2D eigenvalue weighted by molar-refractivity contribution is 7.92. The quantitative estimate of drug-likeness (QED) is 0.852. The lowest BCUT2D eigenvalue weighted by molar-refractivity contribution is 0.0945. The van der Waals surface area contributed by atoms with Crippen molar-refractivity contribution < 1.29 is 17.9 Å². The SMILES string of the molecule is CC1CN(S(=O)(=O)c2ccc3c(c2)C(=O)NCC3)c2cc(Cl)ccc2O1. The molecule has 26 heavy (non-hydrogen) atoms. The van der Waals surface area contributed by atoms with Gasteiger partial charge in [0.05, 0.1) is 17.1 Å². The van der Waals surface area contributed by atoms with Crippen LogP contribution in [0.15, 0.2) is 41.3 Å². The van der Waals surface area contributed by atoms with Crippen LogP contribution in [-0.2, 0) is 16.4 Å². The second kappa shape index (κ2) is 6.17. The molecule has 2 aliphatic heterocycles. The molecule has 1 atom stereocenters. The molecule has 136 valence electrons. The van der Waals surface area contributed by atoms with Crippen LogP contribution < -0.4 is 14.4 Å². The normalized spacial score (nSPS) is 19.2. The van der Waals surface area contributed by atoms with E-state index in [2.05, 4.69) is 5.32 Å². The Morgan fingerprint density at radius 3 is 2.85 bits per heavy atom. The van der Waals surface area contributed by atoms with E-state index in [1.54, 1.807) is 37.3 Å². The van der Waals surface area contributed by atoms with Crippen molar-refractivity contribution >= 4 is 33.2 Å². The highest BCUT2D eigenvalue weighted by atomic mass is 35.5. The van der Waals surface area contributed by atoms with Gasteiger partial charge in [-0.25, -0.2) is 8.42 Å². The predicted molar refractivity (Wildman–Crippen MR) is 98.6 cm³/mol. The Bertz CT molecular complexity index is 1010. The van der Waals surface area contributed by atoms with Gasteiger partial charge in [0.2, 0.25) is 0 Å². The van der Waals surface area contributed by atoms with Crippen molar-refractivity contribution in [1.82, 2.24) is 5.32 Å². The number of halogens is 1. The van der Waals surface area contributed by atoms with Crippen molar-refractivity contribution in [2.75, 3.05) is 17.4 Å². The van der Waals surface area contributed by atoms with Crippen LogP contribution in [0.25, 0.3) is 0 Å². The zero-order valence-corrected chi connectivity index (χ0v) is 15.6.